The standard InChI is InChI=1S/C22H17Cl2N3/c1-27(21-9-5-2-6-17(21)24)22-14-20(15-10-12-16(23)13-11-15)25-18-7-3-4-8-19(18)26-22/h2-13H,14H2,1H3. The maximum absolute atomic E-state index is 6.41. The van der Waals surface area contributed by atoms with Gasteiger partial charge in [-0.05, 0) is 42.0 Å². The smallest absolute Gasteiger partial charge is 0.115 e. The normalized spacial score (nSPS) is 13.3. The van der Waals surface area contributed by atoms with E-state index < -0.39 is 0 Å². The lowest BCUT2D eigenvalue weighted by molar-refractivity contribution is 1.21. The van der Waals surface area contributed by atoms with Crippen molar-refractivity contribution in [3.05, 3.63) is 88.4 Å². The molecule has 0 radical (unpaired) electrons. The van der Waals surface area contributed by atoms with Gasteiger partial charge in [0.2, 0.25) is 0 Å². The largest absolute Gasteiger partial charge is 0.331 e. The Bertz CT molecular complexity index is 1040. The zero-order valence-corrected chi connectivity index (χ0v) is 16.2. The van der Waals surface area contributed by atoms with Crippen LogP contribution in [0.15, 0.2) is 82.8 Å². The van der Waals surface area contributed by atoms with Crippen LogP contribution >= 0.6 is 23.2 Å². The van der Waals surface area contributed by atoms with Gasteiger partial charge < -0.3 is 4.90 Å². The summed E-state index contributed by atoms with van der Waals surface area (Å²) in [4.78, 5) is 11.8. The summed E-state index contributed by atoms with van der Waals surface area (Å²) < 4.78 is 0. The number of aliphatic imine (C=N–C) groups is 2. The Morgan fingerprint density at radius 1 is 0.778 bits per heavy atom. The van der Waals surface area contributed by atoms with Gasteiger partial charge in [-0.25, -0.2) is 4.99 Å². The van der Waals surface area contributed by atoms with Crippen molar-refractivity contribution in [2.24, 2.45) is 9.98 Å². The van der Waals surface area contributed by atoms with Crippen LogP contribution in [0.5, 0.6) is 0 Å². The van der Waals surface area contributed by atoms with E-state index in [0.717, 1.165) is 34.2 Å². The average Bonchev–Trinajstić information content (AvgIpc) is 2.88. The number of para-hydroxylation sites is 3. The molecule has 0 bridgehead atoms. The molecule has 0 amide bonds. The quantitative estimate of drug-likeness (QED) is 0.476. The predicted molar refractivity (Wildman–Crippen MR) is 116 cm³/mol. The third-order valence-corrected chi connectivity index (χ3v) is 5.06. The first-order valence-electron chi connectivity index (χ1n) is 8.60. The molecule has 0 spiro atoms. The van der Waals surface area contributed by atoms with Crippen LogP contribution < -0.4 is 4.90 Å². The van der Waals surface area contributed by atoms with Crippen LogP contribution in [0.3, 0.4) is 0 Å². The molecule has 1 aliphatic rings. The molecule has 3 nitrogen and oxygen atoms in total. The molecule has 0 atom stereocenters. The summed E-state index contributed by atoms with van der Waals surface area (Å²) in [6.45, 7) is 0. The number of anilines is 1. The second-order valence-corrected chi connectivity index (χ2v) is 7.11. The minimum atomic E-state index is 0.581. The molecule has 5 heteroatoms. The molecule has 3 aromatic rings. The van der Waals surface area contributed by atoms with Gasteiger partial charge in [-0.2, -0.15) is 0 Å². The number of amidine groups is 1. The molecule has 0 aromatic heterocycles. The van der Waals surface area contributed by atoms with Crippen molar-refractivity contribution in [3.8, 4) is 0 Å². The molecule has 0 N–H and O–H groups in total. The van der Waals surface area contributed by atoms with Gasteiger partial charge >= 0.3 is 0 Å². The highest BCUT2D eigenvalue weighted by Gasteiger charge is 2.19. The van der Waals surface area contributed by atoms with E-state index >= 15 is 0 Å². The third-order valence-electron chi connectivity index (χ3n) is 4.49. The molecule has 4 rings (SSSR count). The molecule has 0 unspecified atom stereocenters. The number of fused-ring (bicyclic) bond motifs is 1. The highest BCUT2D eigenvalue weighted by molar-refractivity contribution is 6.34. The van der Waals surface area contributed by atoms with Crippen molar-refractivity contribution in [1.29, 1.82) is 0 Å². The van der Waals surface area contributed by atoms with Crippen molar-refractivity contribution in [3.63, 3.8) is 0 Å². The van der Waals surface area contributed by atoms with E-state index in [1.165, 1.54) is 0 Å². The molecule has 0 fully saturated rings. The predicted octanol–water partition coefficient (Wildman–Crippen LogP) is 6.68. The zero-order chi connectivity index (χ0) is 18.8. The van der Waals surface area contributed by atoms with Crippen molar-refractivity contribution >= 4 is 51.8 Å². The van der Waals surface area contributed by atoms with Crippen molar-refractivity contribution in [2.45, 2.75) is 6.42 Å². The zero-order valence-electron chi connectivity index (χ0n) is 14.7. The van der Waals surface area contributed by atoms with Gasteiger partial charge in [0.1, 0.15) is 5.84 Å². The summed E-state index contributed by atoms with van der Waals surface area (Å²) in [6.07, 6.45) is 0.581. The summed E-state index contributed by atoms with van der Waals surface area (Å²) >= 11 is 12.5. The van der Waals surface area contributed by atoms with Crippen LogP contribution in [0.2, 0.25) is 10.0 Å². The van der Waals surface area contributed by atoms with Crippen molar-refractivity contribution in [1.82, 2.24) is 0 Å². The van der Waals surface area contributed by atoms with E-state index in [0.29, 0.717) is 16.5 Å². The van der Waals surface area contributed by atoms with Gasteiger partial charge in [0.25, 0.3) is 0 Å². The maximum Gasteiger partial charge on any atom is 0.115 e. The fraction of sp³-hybridized carbons (Fsp3) is 0.0909. The lowest BCUT2D eigenvalue weighted by Gasteiger charge is -2.22. The van der Waals surface area contributed by atoms with Gasteiger partial charge in [-0.15, -0.1) is 0 Å². The van der Waals surface area contributed by atoms with Crippen LogP contribution in [0.25, 0.3) is 0 Å². The molecule has 1 aliphatic heterocycles. The molecule has 27 heavy (non-hydrogen) atoms. The highest BCUT2D eigenvalue weighted by Crippen LogP contribution is 2.33. The highest BCUT2D eigenvalue weighted by atomic mass is 35.5. The van der Waals surface area contributed by atoms with Crippen LogP contribution in [-0.2, 0) is 0 Å². The summed E-state index contributed by atoms with van der Waals surface area (Å²) in [5.41, 5.74) is 4.57. The number of hydrogen-bond donors (Lipinski definition) is 0. The summed E-state index contributed by atoms with van der Waals surface area (Å²) in [5.74, 6) is 0.877. The van der Waals surface area contributed by atoms with E-state index in [1.807, 2.05) is 84.7 Å². The molecule has 0 saturated carbocycles. The Labute approximate surface area is 168 Å². The summed E-state index contributed by atoms with van der Waals surface area (Å²) in [5, 5.41) is 1.39. The minimum Gasteiger partial charge on any atom is -0.331 e. The van der Waals surface area contributed by atoms with Gasteiger partial charge in [0.15, 0.2) is 0 Å². The first-order chi connectivity index (χ1) is 13.1. The summed E-state index contributed by atoms with van der Waals surface area (Å²) in [7, 11) is 1.98. The Hall–Kier alpha value is -2.62. The fourth-order valence-corrected chi connectivity index (χ4v) is 3.42. The van der Waals surface area contributed by atoms with Crippen molar-refractivity contribution in [2.75, 3.05) is 11.9 Å². The van der Waals surface area contributed by atoms with Gasteiger partial charge in [0, 0.05) is 18.5 Å². The van der Waals surface area contributed by atoms with Crippen LogP contribution in [0.1, 0.15) is 12.0 Å². The van der Waals surface area contributed by atoms with E-state index in [1.54, 1.807) is 0 Å². The molecule has 0 aliphatic carbocycles. The van der Waals surface area contributed by atoms with Gasteiger partial charge in [-0.1, -0.05) is 59.6 Å². The average molecular weight is 394 g/mol. The van der Waals surface area contributed by atoms with E-state index in [2.05, 4.69) is 0 Å². The lowest BCUT2D eigenvalue weighted by atomic mass is 10.1. The topological polar surface area (TPSA) is 28.0 Å². The van der Waals surface area contributed by atoms with Crippen LogP contribution in [0, 0.1) is 0 Å². The number of rotatable bonds is 2. The number of hydrogen-bond acceptors (Lipinski definition) is 3. The van der Waals surface area contributed by atoms with E-state index in [4.69, 9.17) is 33.2 Å². The number of nitrogens with zero attached hydrogens (tertiary/aromatic N) is 3. The summed E-state index contributed by atoms with van der Waals surface area (Å²) in [6, 6.07) is 23.4. The second-order valence-electron chi connectivity index (χ2n) is 6.27. The third kappa shape index (κ3) is 3.75. The number of benzene rings is 3. The molecular weight excluding hydrogens is 377 g/mol. The molecule has 1 heterocycles. The Kier molecular flexibility index (Phi) is 4.97. The fourth-order valence-electron chi connectivity index (χ4n) is 3.03. The molecular formula is C22H17Cl2N3. The van der Waals surface area contributed by atoms with Crippen molar-refractivity contribution < 1.29 is 0 Å². The minimum absolute atomic E-state index is 0.581. The maximum atomic E-state index is 6.41. The number of halogens is 2. The van der Waals surface area contributed by atoms with Crippen LogP contribution in [-0.4, -0.2) is 18.6 Å². The van der Waals surface area contributed by atoms with Crippen LogP contribution in [0.4, 0.5) is 17.1 Å². The van der Waals surface area contributed by atoms with E-state index in [9.17, 15) is 0 Å². The Morgan fingerprint density at radius 2 is 1.41 bits per heavy atom. The Balaban J connectivity index is 1.81. The van der Waals surface area contributed by atoms with Gasteiger partial charge in [-0.3, -0.25) is 4.99 Å². The monoisotopic (exact) mass is 393 g/mol. The first-order valence-corrected chi connectivity index (χ1v) is 9.36. The SMILES string of the molecule is CN(C1=Nc2ccccc2N=C(c2ccc(Cl)cc2)C1)c1ccccc1Cl. The second kappa shape index (κ2) is 7.55. The lowest BCUT2D eigenvalue weighted by Crippen LogP contribution is -2.28. The van der Waals surface area contributed by atoms with Gasteiger partial charge in [0.05, 0.1) is 27.8 Å². The Morgan fingerprint density at radius 3 is 2.11 bits per heavy atom. The molecule has 134 valence electrons. The van der Waals surface area contributed by atoms with E-state index in [-0.39, 0.29) is 0 Å². The first kappa shape index (κ1) is 17.8. The molecule has 0 saturated heterocycles. The molecule has 3 aromatic carbocycles.